The van der Waals surface area contributed by atoms with Crippen LogP contribution in [0.5, 0.6) is 0 Å². The molecule has 10 heteroatoms. The number of carbonyl (C=O) groups excluding carboxylic acids is 1. The van der Waals surface area contributed by atoms with Gasteiger partial charge >= 0.3 is 0 Å². The molecule has 3 aromatic heterocycles. The first-order valence-electron chi connectivity index (χ1n) is 10.2. The Labute approximate surface area is 184 Å². The number of rotatable bonds is 6. The number of nitrogen functional groups attached to an aromatic ring is 1. The first-order chi connectivity index (χ1) is 15.0. The molecule has 1 aliphatic carbocycles. The standard InChI is InChI=1S/C16H16N6OS.C5H11NO/c17-6-8-5-10(15(23)22-13(8)18)21-14-12-9-3-1-2-4-11(9)24-16(12)20-7-19-14;1-3-4-6(2)5-7/h5-7,17H,1-4H2,(H3,18,22,23)(H,19,20,21);5H,3-4H2,1-2H3. The molecule has 3 aromatic rings. The molecule has 0 fully saturated rings. The summed E-state index contributed by atoms with van der Waals surface area (Å²) in [6, 6.07) is 1.56. The van der Waals surface area contributed by atoms with Crippen LogP contribution in [0.25, 0.3) is 10.2 Å². The third-order valence-corrected chi connectivity index (χ3v) is 6.22. The fourth-order valence-corrected chi connectivity index (χ4v) is 4.72. The minimum absolute atomic E-state index is 0.182. The van der Waals surface area contributed by atoms with Crippen LogP contribution in [0.2, 0.25) is 0 Å². The molecular formula is C21H27N7O2S. The number of nitrogens with one attached hydrogen (secondary N) is 3. The summed E-state index contributed by atoms with van der Waals surface area (Å²) < 4.78 is 0. The largest absolute Gasteiger partial charge is 0.385 e. The number of carbonyl (C=O) groups is 1. The van der Waals surface area contributed by atoms with Crippen molar-refractivity contribution in [3.8, 4) is 0 Å². The zero-order valence-corrected chi connectivity index (χ0v) is 18.5. The van der Waals surface area contributed by atoms with Crippen LogP contribution in [0, 0.1) is 5.41 Å². The van der Waals surface area contributed by atoms with Crippen molar-refractivity contribution in [2.24, 2.45) is 0 Å². The molecule has 0 saturated heterocycles. The second kappa shape index (κ2) is 10.2. The third-order valence-electron chi connectivity index (χ3n) is 5.02. The molecule has 0 saturated carbocycles. The molecule has 3 heterocycles. The SMILES string of the molecule is CCCN(C)C=O.N=Cc1cc(Nc2ncnc3sc4c(c23)CCCC4)c(=O)[nH]c1N. The number of amides is 1. The molecule has 9 nitrogen and oxygen atoms in total. The maximum absolute atomic E-state index is 12.2. The summed E-state index contributed by atoms with van der Waals surface area (Å²) in [6.07, 6.45) is 8.95. The summed E-state index contributed by atoms with van der Waals surface area (Å²) in [5.74, 6) is 0.812. The lowest BCUT2D eigenvalue weighted by Gasteiger charge is -2.12. The average Bonchev–Trinajstić information content (AvgIpc) is 3.15. The van der Waals surface area contributed by atoms with Gasteiger partial charge in [0.15, 0.2) is 0 Å². The van der Waals surface area contributed by atoms with Crippen LogP contribution in [-0.2, 0) is 17.6 Å². The van der Waals surface area contributed by atoms with E-state index in [0.717, 1.165) is 55.1 Å². The quantitative estimate of drug-likeness (QED) is 0.342. The van der Waals surface area contributed by atoms with E-state index in [0.29, 0.717) is 17.1 Å². The Balaban J connectivity index is 0.000000339. The Morgan fingerprint density at radius 3 is 2.81 bits per heavy atom. The number of aryl methyl sites for hydroxylation is 2. The van der Waals surface area contributed by atoms with E-state index in [2.05, 4.69) is 20.3 Å². The van der Waals surface area contributed by atoms with E-state index in [9.17, 15) is 9.59 Å². The van der Waals surface area contributed by atoms with Crippen molar-refractivity contribution in [3.05, 3.63) is 38.8 Å². The van der Waals surface area contributed by atoms with Gasteiger partial charge in [0.2, 0.25) is 6.41 Å². The normalized spacial score (nSPS) is 12.5. The van der Waals surface area contributed by atoms with Gasteiger partial charge in [-0.1, -0.05) is 6.92 Å². The molecule has 0 aromatic carbocycles. The van der Waals surface area contributed by atoms with E-state index in [1.807, 2.05) is 6.92 Å². The lowest BCUT2D eigenvalue weighted by molar-refractivity contribution is -0.117. The number of nitrogens with zero attached hydrogens (tertiary/aromatic N) is 3. The average molecular weight is 442 g/mol. The number of hydrogen-bond acceptors (Lipinski definition) is 8. The number of fused-ring (bicyclic) bond motifs is 3. The Kier molecular flexibility index (Phi) is 7.35. The fraction of sp³-hybridized carbons (Fsp3) is 0.381. The van der Waals surface area contributed by atoms with E-state index in [1.54, 1.807) is 29.4 Å². The van der Waals surface area contributed by atoms with Gasteiger partial charge in [-0.3, -0.25) is 9.59 Å². The van der Waals surface area contributed by atoms with Gasteiger partial charge < -0.3 is 26.3 Å². The molecule has 4 rings (SSSR count). The van der Waals surface area contributed by atoms with Crippen molar-refractivity contribution < 1.29 is 4.79 Å². The summed E-state index contributed by atoms with van der Waals surface area (Å²) in [5, 5.41) is 11.5. The molecular weight excluding hydrogens is 414 g/mol. The highest BCUT2D eigenvalue weighted by Gasteiger charge is 2.20. The van der Waals surface area contributed by atoms with Gasteiger partial charge in [-0.05, 0) is 43.7 Å². The van der Waals surface area contributed by atoms with E-state index in [-0.39, 0.29) is 11.4 Å². The van der Waals surface area contributed by atoms with Gasteiger partial charge in [0, 0.05) is 30.2 Å². The maximum atomic E-state index is 12.2. The molecule has 164 valence electrons. The minimum atomic E-state index is -0.339. The number of pyridine rings is 1. The summed E-state index contributed by atoms with van der Waals surface area (Å²) in [5.41, 5.74) is 7.43. The molecule has 0 bridgehead atoms. The van der Waals surface area contributed by atoms with Crippen LogP contribution >= 0.6 is 11.3 Å². The monoisotopic (exact) mass is 441 g/mol. The molecule has 31 heavy (non-hydrogen) atoms. The number of hydrogen-bond donors (Lipinski definition) is 4. The van der Waals surface area contributed by atoms with Crippen LogP contribution in [0.1, 0.15) is 42.2 Å². The zero-order chi connectivity index (χ0) is 22.4. The molecule has 0 aliphatic heterocycles. The highest BCUT2D eigenvalue weighted by Crippen LogP contribution is 2.38. The van der Waals surface area contributed by atoms with Crippen molar-refractivity contribution in [3.63, 3.8) is 0 Å². The smallest absolute Gasteiger partial charge is 0.273 e. The lowest BCUT2D eigenvalue weighted by Crippen LogP contribution is -2.15. The number of nitrogens with two attached hydrogens (primary N) is 1. The van der Waals surface area contributed by atoms with Gasteiger partial charge in [0.25, 0.3) is 5.56 Å². The first-order valence-corrected chi connectivity index (χ1v) is 11.0. The second-order valence-electron chi connectivity index (χ2n) is 7.35. The number of aromatic nitrogens is 3. The van der Waals surface area contributed by atoms with Crippen LogP contribution in [0.4, 0.5) is 17.3 Å². The Hall–Kier alpha value is -3.27. The summed E-state index contributed by atoms with van der Waals surface area (Å²) >= 11 is 1.71. The topological polar surface area (TPSA) is 141 Å². The first kappa shape index (κ1) is 22.4. The number of thiophene rings is 1. The molecule has 1 amide bonds. The van der Waals surface area contributed by atoms with Crippen LogP contribution in [-0.4, -0.2) is 46.1 Å². The maximum Gasteiger partial charge on any atom is 0.273 e. The molecule has 0 spiro atoms. The van der Waals surface area contributed by atoms with E-state index in [4.69, 9.17) is 11.1 Å². The highest BCUT2D eigenvalue weighted by atomic mass is 32.1. The number of aromatic amines is 1. The summed E-state index contributed by atoms with van der Waals surface area (Å²) in [7, 11) is 1.77. The zero-order valence-electron chi connectivity index (χ0n) is 17.7. The van der Waals surface area contributed by atoms with Gasteiger partial charge in [0.1, 0.15) is 28.5 Å². The van der Waals surface area contributed by atoms with Crippen LogP contribution < -0.4 is 16.6 Å². The molecule has 0 atom stereocenters. The molecule has 0 radical (unpaired) electrons. The highest BCUT2D eigenvalue weighted by molar-refractivity contribution is 7.19. The van der Waals surface area contributed by atoms with Gasteiger partial charge in [0.05, 0.1) is 5.39 Å². The molecule has 5 N–H and O–H groups in total. The fourth-order valence-electron chi connectivity index (χ4n) is 3.49. The minimum Gasteiger partial charge on any atom is -0.385 e. The van der Waals surface area contributed by atoms with E-state index < -0.39 is 0 Å². The lowest BCUT2D eigenvalue weighted by atomic mass is 9.97. The third kappa shape index (κ3) is 5.08. The Bertz CT molecular complexity index is 1140. The van der Waals surface area contributed by atoms with Crippen LogP contribution in [0.3, 0.4) is 0 Å². The van der Waals surface area contributed by atoms with Crippen molar-refractivity contribution >= 4 is 51.5 Å². The number of H-pyrrole nitrogens is 1. The second-order valence-corrected chi connectivity index (χ2v) is 8.43. The summed E-state index contributed by atoms with van der Waals surface area (Å²) in [4.78, 5) is 37.2. The Morgan fingerprint density at radius 2 is 2.13 bits per heavy atom. The van der Waals surface area contributed by atoms with Gasteiger partial charge in [-0.15, -0.1) is 11.3 Å². The Morgan fingerprint density at radius 1 is 1.35 bits per heavy atom. The number of anilines is 3. The van der Waals surface area contributed by atoms with Crippen molar-refractivity contribution in [2.45, 2.75) is 39.0 Å². The molecule has 1 aliphatic rings. The van der Waals surface area contributed by atoms with Crippen molar-refractivity contribution in [1.29, 1.82) is 5.41 Å². The van der Waals surface area contributed by atoms with Crippen molar-refractivity contribution in [2.75, 3.05) is 24.6 Å². The van der Waals surface area contributed by atoms with Crippen LogP contribution in [0.15, 0.2) is 17.2 Å². The predicted molar refractivity (Wildman–Crippen MR) is 126 cm³/mol. The van der Waals surface area contributed by atoms with Crippen molar-refractivity contribution in [1.82, 2.24) is 19.9 Å². The predicted octanol–water partition coefficient (Wildman–Crippen LogP) is 3.07. The van der Waals surface area contributed by atoms with Gasteiger partial charge in [-0.25, -0.2) is 9.97 Å². The van der Waals surface area contributed by atoms with E-state index in [1.165, 1.54) is 23.2 Å². The molecule has 0 unspecified atom stereocenters. The van der Waals surface area contributed by atoms with E-state index >= 15 is 0 Å². The summed E-state index contributed by atoms with van der Waals surface area (Å²) in [6.45, 7) is 2.91. The van der Waals surface area contributed by atoms with Gasteiger partial charge in [-0.2, -0.15) is 0 Å².